The van der Waals surface area contributed by atoms with Crippen LogP contribution < -0.4 is 9.80 Å². The maximum Gasteiger partial charge on any atom is 0.407 e. The summed E-state index contributed by atoms with van der Waals surface area (Å²) in [5, 5.41) is 14.7. The molecule has 4 rings (SSSR count). The third-order valence-corrected chi connectivity index (χ3v) is 6.34. The van der Waals surface area contributed by atoms with Gasteiger partial charge in [-0.15, -0.1) is 0 Å². The molecular formula is C25H31N7O3S. The minimum atomic E-state index is -0.960. The van der Waals surface area contributed by atoms with E-state index in [2.05, 4.69) is 15.1 Å². The molecule has 0 spiro atoms. The molecule has 0 atom stereocenters. The maximum absolute atomic E-state index is 13.5. The zero-order valence-corrected chi connectivity index (χ0v) is 22.0. The van der Waals surface area contributed by atoms with Crippen molar-refractivity contribution in [2.45, 2.75) is 32.5 Å². The monoisotopic (exact) mass is 509 g/mol. The van der Waals surface area contributed by atoms with E-state index < -0.39 is 6.09 Å². The Morgan fingerprint density at radius 1 is 1.19 bits per heavy atom. The van der Waals surface area contributed by atoms with Crippen LogP contribution in [0.15, 0.2) is 48.0 Å². The van der Waals surface area contributed by atoms with E-state index in [1.165, 1.54) is 16.7 Å². The molecule has 0 saturated heterocycles. The molecule has 0 saturated carbocycles. The lowest BCUT2D eigenvalue weighted by molar-refractivity contribution is 0.0989. The summed E-state index contributed by atoms with van der Waals surface area (Å²) in [6, 6.07) is 7.58. The highest BCUT2D eigenvalue weighted by Crippen LogP contribution is 2.28. The fourth-order valence-electron chi connectivity index (χ4n) is 4.12. The van der Waals surface area contributed by atoms with Crippen molar-refractivity contribution in [2.24, 2.45) is 5.41 Å². The predicted molar refractivity (Wildman–Crippen MR) is 140 cm³/mol. The number of carboxylic acid groups (broad SMARTS) is 1. The number of carbonyl (C=O) groups is 2. The number of benzene rings is 1. The molecule has 2 aromatic heterocycles. The van der Waals surface area contributed by atoms with Crippen molar-refractivity contribution in [3.63, 3.8) is 0 Å². The molecule has 0 fully saturated rings. The van der Waals surface area contributed by atoms with E-state index in [0.717, 1.165) is 16.9 Å². The van der Waals surface area contributed by atoms with Gasteiger partial charge in [-0.2, -0.15) is 5.10 Å². The van der Waals surface area contributed by atoms with E-state index >= 15 is 0 Å². The molecule has 3 heterocycles. The molecule has 0 radical (unpaired) electrons. The normalized spacial score (nSPS) is 14.0. The molecule has 1 N–H and O–H groups in total. The average Bonchev–Trinajstić information content (AvgIpc) is 3.26. The number of hydrogen-bond donors (Lipinski definition) is 1. The Kier molecular flexibility index (Phi) is 7.21. The second-order valence-electron chi connectivity index (χ2n) is 9.98. The second-order valence-corrected chi connectivity index (χ2v) is 10.8. The van der Waals surface area contributed by atoms with Gasteiger partial charge in [0.25, 0.3) is 5.91 Å². The van der Waals surface area contributed by atoms with Gasteiger partial charge >= 0.3 is 6.09 Å². The number of anilines is 2. The molecule has 2 amide bonds. The molecule has 0 bridgehead atoms. The van der Waals surface area contributed by atoms with Crippen LogP contribution in [0, 0.1) is 5.41 Å². The Labute approximate surface area is 214 Å². The van der Waals surface area contributed by atoms with Crippen molar-refractivity contribution >= 4 is 35.3 Å². The zero-order valence-electron chi connectivity index (χ0n) is 21.2. The number of likely N-dealkylation sites (N-methyl/N-ethyl adjacent to an activating group) is 1. The standard InChI is InChI=1S/C25H31N7O3S/c1-25(2,3)16-30(24(34)35)14-17-12-27-32(15-17)19-8-6-7-18(11-19)31-10-9-29(4)21-20(22(31)33)13-26-23(28-21)36-5/h6-8,11-13,15H,9-10,14,16H2,1-5H3,(H,34,35). The van der Waals surface area contributed by atoms with Crippen molar-refractivity contribution in [3.8, 4) is 5.69 Å². The number of aromatic nitrogens is 4. The molecule has 3 aromatic rings. The van der Waals surface area contributed by atoms with Gasteiger partial charge in [0.15, 0.2) is 5.16 Å². The SMILES string of the molecule is CSc1ncc2c(n1)N(C)CCN(c1cccc(-n3cc(CN(CC(C)(C)C)C(=O)O)cn3)c1)C2=O. The fourth-order valence-corrected chi connectivity index (χ4v) is 4.45. The second kappa shape index (κ2) is 10.2. The number of fused-ring (bicyclic) bond motifs is 1. The van der Waals surface area contributed by atoms with Crippen LogP contribution in [-0.4, -0.2) is 74.7 Å². The summed E-state index contributed by atoms with van der Waals surface area (Å²) >= 11 is 1.44. The Balaban J connectivity index is 1.58. The fraction of sp³-hybridized carbons (Fsp3) is 0.400. The highest BCUT2D eigenvalue weighted by Gasteiger charge is 2.28. The van der Waals surface area contributed by atoms with E-state index in [1.54, 1.807) is 22.0 Å². The van der Waals surface area contributed by atoms with E-state index in [0.29, 0.717) is 36.2 Å². The van der Waals surface area contributed by atoms with Crippen LogP contribution >= 0.6 is 11.8 Å². The summed E-state index contributed by atoms with van der Waals surface area (Å²) in [5.41, 5.74) is 2.61. The number of rotatable bonds is 6. The lowest BCUT2D eigenvalue weighted by Gasteiger charge is -2.27. The molecule has 10 nitrogen and oxygen atoms in total. The van der Waals surface area contributed by atoms with E-state index in [9.17, 15) is 14.7 Å². The average molecular weight is 510 g/mol. The summed E-state index contributed by atoms with van der Waals surface area (Å²) in [6.45, 7) is 7.80. The summed E-state index contributed by atoms with van der Waals surface area (Å²) in [4.78, 5) is 39.2. The van der Waals surface area contributed by atoms with E-state index in [1.807, 2.05) is 69.4 Å². The Bertz CT molecular complexity index is 1270. The molecule has 36 heavy (non-hydrogen) atoms. The third kappa shape index (κ3) is 5.62. The van der Waals surface area contributed by atoms with Crippen LogP contribution in [0.4, 0.5) is 16.3 Å². The van der Waals surface area contributed by atoms with Crippen LogP contribution in [-0.2, 0) is 6.54 Å². The number of nitrogens with zero attached hydrogens (tertiary/aromatic N) is 7. The van der Waals surface area contributed by atoms with Crippen molar-refractivity contribution in [2.75, 3.05) is 42.7 Å². The van der Waals surface area contributed by atoms with Crippen LogP contribution in [0.25, 0.3) is 5.69 Å². The van der Waals surface area contributed by atoms with Gasteiger partial charge in [-0.3, -0.25) is 4.79 Å². The molecular weight excluding hydrogens is 478 g/mol. The van der Waals surface area contributed by atoms with Crippen molar-refractivity contribution in [3.05, 3.63) is 54.0 Å². The Hall–Kier alpha value is -3.60. The van der Waals surface area contributed by atoms with Gasteiger partial charge in [-0.1, -0.05) is 38.6 Å². The smallest absolute Gasteiger partial charge is 0.407 e. The maximum atomic E-state index is 13.5. The first-order chi connectivity index (χ1) is 17.1. The first-order valence-corrected chi connectivity index (χ1v) is 12.8. The minimum absolute atomic E-state index is 0.153. The molecule has 1 aromatic carbocycles. The molecule has 0 aliphatic carbocycles. The molecule has 0 unspecified atom stereocenters. The number of amides is 2. The van der Waals surface area contributed by atoms with Gasteiger partial charge < -0.3 is 19.8 Å². The van der Waals surface area contributed by atoms with Gasteiger partial charge in [0.05, 0.1) is 18.4 Å². The van der Waals surface area contributed by atoms with E-state index in [-0.39, 0.29) is 17.9 Å². The van der Waals surface area contributed by atoms with Crippen molar-refractivity contribution in [1.82, 2.24) is 24.6 Å². The van der Waals surface area contributed by atoms with Crippen LogP contribution in [0.1, 0.15) is 36.7 Å². The Morgan fingerprint density at radius 3 is 2.64 bits per heavy atom. The molecule has 1 aliphatic rings. The highest BCUT2D eigenvalue weighted by molar-refractivity contribution is 7.98. The van der Waals surface area contributed by atoms with Crippen molar-refractivity contribution < 1.29 is 14.7 Å². The van der Waals surface area contributed by atoms with Gasteiger partial charge in [-0.05, 0) is 29.9 Å². The van der Waals surface area contributed by atoms with Gasteiger partial charge in [-0.25, -0.2) is 19.4 Å². The van der Waals surface area contributed by atoms with E-state index in [4.69, 9.17) is 0 Å². The quantitative estimate of drug-likeness (QED) is 0.392. The lowest BCUT2D eigenvalue weighted by atomic mass is 9.96. The number of carbonyl (C=O) groups excluding carboxylic acids is 1. The molecule has 11 heteroatoms. The molecule has 190 valence electrons. The van der Waals surface area contributed by atoms with Gasteiger partial charge in [0.2, 0.25) is 0 Å². The number of thioether (sulfide) groups is 1. The van der Waals surface area contributed by atoms with Crippen molar-refractivity contribution in [1.29, 1.82) is 0 Å². The first kappa shape index (κ1) is 25.5. The lowest BCUT2D eigenvalue weighted by Crippen LogP contribution is -2.36. The third-order valence-electron chi connectivity index (χ3n) is 5.78. The molecule has 1 aliphatic heterocycles. The summed E-state index contributed by atoms with van der Waals surface area (Å²) in [5.74, 6) is 0.479. The number of hydrogen-bond acceptors (Lipinski definition) is 7. The van der Waals surface area contributed by atoms with Crippen LogP contribution in [0.5, 0.6) is 0 Å². The van der Waals surface area contributed by atoms with Crippen LogP contribution in [0.3, 0.4) is 0 Å². The van der Waals surface area contributed by atoms with Gasteiger partial charge in [0, 0.05) is 50.3 Å². The van der Waals surface area contributed by atoms with Gasteiger partial charge in [0.1, 0.15) is 11.4 Å². The highest BCUT2D eigenvalue weighted by atomic mass is 32.2. The first-order valence-electron chi connectivity index (χ1n) is 11.6. The summed E-state index contributed by atoms with van der Waals surface area (Å²) in [6.07, 6.45) is 6.04. The topological polar surface area (TPSA) is 108 Å². The Morgan fingerprint density at radius 2 is 1.94 bits per heavy atom. The predicted octanol–water partition coefficient (Wildman–Crippen LogP) is 4.01. The largest absolute Gasteiger partial charge is 0.465 e. The van der Waals surface area contributed by atoms with Crippen LogP contribution in [0.2, 0.25) is 0 Å². The zero-order chi connectivity index (χ0) is 26.0. The minimum Gasteiger partial charge on any atom is -0.465 e. The summed E-state index contributed by atoms with van der Waals surface area (Å²) in [7, 11) is 1.93. The summed E-state index contributed by atoms with van der Waals surface area (Å²) < 4.78 is 1.70.